The monoisotopic (exact) mass is 220 g/mol. The average Bonchev–Trinajstić information content (AvgIpc) is 2.35. The molecule has 0 N–H and O–H groups in total. The molecule has 0 spiro atoms. The first kappa shape index (κ1) is 12.4. The Hall–Kier alpha value is -1.64. The lowest BCUT2D eigenvalue weighted by Gasteiger charge is -2.09. The number of carbonyl (C=O) groups is 2. The van der Waals surface area contributed by atoms with E-state index in [-0.39, 0.29) is 18.3 Å². The molecule has 3 nitrogen and oxygen atoms in total. The van der Waals surface area contributed by atoms with E-state index in [1.807, 2.05) is 13.8 Å². The Labute approximate surface area is 95.4 Å². The van der Waals surface area contributed by atoms with E-state index < -0.39 is 0 Å². The summed E-state index contributed by atoms with van der Waals surface area (Å²) < 4.78 is 5.32. The third-order valence-corrected chi connectivity index (χ3v) is 2.56. The number of rotatable bonds is 6. The minimum atomic E-state index is 0.0363. The molecule has 16 heavy (non-hydrogen) atoms. The summed E-state index contributed by atoms with van der Waals surface area (Å²) in [7, 11) is 0. The van der Waals surface area contributed by atoms with Gasteiger partial charge in [0.1, 0.15) is 18.6 Å². The van der Waals surface area contributed by atoms with E-state index in [1.165, 1.54) is 0 Å². The molecule has 0 aliphatic rings. The van der Waals surface area contributed by atoms with Gasteiger partial charge >= 0.3 is 0 Å². The highest BCUT2D eigenvalue weighted by Crippen LogP contribution is 2.12. The van der Waals surface area contributed by atoms with Crippen LogP contribution in [0.5, 0.6) is 5.75 Å². The number of carbonyl (C=O) groups excluding carboxylic acids is 2. The van der Waals surface area contributed by atoms with Crippen LogP contribution in [0.15, 0.2) is 24.3 Å². The Balaban J connectivity index is 2.48. The highest BCUT2D eigenvalue weighted by molar-refractivity contribution is 5.82. The standard InChI is InChI=1S/C13H16O3/c1-3-10(2)13(15)9-16-12-6-4-11(8-14)5-7-12/h4-8,10H,3,9H2,1-2H3. The fraction of sp³-hybridized carbons (Fsp3) is 0.385. The zero-order chi connectivity index (χ0) is 12.0. The van der Waals surface area contributed by atoms with Gasteiger partial charge in [-0.05, 0) is 30.7 Å². The van der Waals surface area contributed by atoms with Crippen LogP contribution in [0.3, 0.4) is 0 Å². The minimum Gasteiger partial charge on any atom is -0.486 e. The van der Waals surface area contributed by atoms with Gasteiger partial charge in [0.05, 0.1) is 0 Å². The number of ketones is 1. The molecule has 1 aromatic carbocycles. The molecule has 0 saturated heterocycles. The van der Waals surface area contributed by atoms with Gasteiger partial charge < -0.3 is 4.74 Å². The summed E-state index contributed by atoms with van der Waals surface area (Å²) in [6, 6.07) is 6.70. The van der Waals surface area contributed by atoms with Crippen LogP contribution in [0.25, 0.3) is 0 Å². The van der Waals surface area contributed by atoms with Gasteiger partial charge in [0, 0.05) is 11.5 Å². The summed E-state index contributed by atoms with van der Waals surface area (Å²) in [4.78, 5) is 21.9. The third-order valence-electron chi connectivity index (χ3n) is 2.56. The van der Waals surface area contributed by atoms with Gasteiger partial charge in [-0.25, -0.2) is 0 Å². The molecular formula is C13H16O3. The number of benzene rings is 1. The van der Waals surface area contributed by atoms with Gasteiger partial charge in [-0.15, -0.1) is 0 Å². The average molecular weight is 220 g/mol. The van der Waals surface area contributed by atoms with Crippen molar-refractivity contribution in [3.63, 3.8) is 0 Å². The third kappa shape index (κ3) is 3.50. The van der Waals surface area contributed by atoms with Crippen LogP contribution in [0.2, 0.25) is 0 Å². The summed E-state index contributed by atoms with van der Waals surface area (Å²) >= 11 is 0. The summed E-state index contributed by atoms with van der Waals surface area (Å²) in [6.07, 6.45) is 1.60. The van der Waals surface area contributed by atoms with Crippen molar-refractivity contribution >= 4 is 12.1 Å². The van der Waals surface area contributed by atoms with Crippen LogP contribution in [0, 0.1) is 5.92 Å². The first-order valence-corrected chi connectivity index (χ1v) is 5.38. The second-order valence-electron chi connectivity index (χ2n) is 3.75. The molecule has 1 aromatic rings. The van der Waals surface area contributed by atoms with Gasteiger partial charge in [0.2, 0.25) is 0 Å². The highest BCUT2D eigenvalue weighted by Gasteiger charge is 2.10. The van der Waals surface area contributed by atoms with Gasteiger partial charge in [0.25, 0.3) is 0 Å². The molecule has 0 amide bonds. The second kappa shape index (κ2) is 6.05. The number of hydrogen-bond acceptors (Lipinski definition) is 3. The molecule has 1 atom stereocenters. The zero-order valence-electron chi connectivity index (χ0n) is 9.60. The smallest absolute Gasteiger partial charge is 0.172 e. The summed E-state index contributed by atoms with van der Waals surface area (Å²) in [5.41, 5.74) is 0.598. The molecule has 0 aromatic heterocycles. The molecule has 0 radical (unpaired) electrons. The topological polar surface area (TPSA) is 43.4 Å². The van der Waals surface area contributed by atoms with Gasteiger partial charge in [-0.3, -0.25) is 9.59 Å². The van der Waals surface area contributed by atoms with E-state index in [2.05, 4.69) is 0 Å². The number of aldehydes is 1. The van der Waals surface area contributed by atoms with E-state index >= 15 is 0 Å². The first-order valence-electron chi connectivity index (χ1n) is 5.38. The lowest BCUT2D eigenvalue weighted by molar-refractivity contribution is -0.124. The highest BCUT2D eigenvalue weighted by atomic mass is 16.5. The summed E-state index contributed by atoms with van der Waals surface area (Å²) in [6.45, 7) is 3.96. The predicted molar refractivity (Wildman–Crippen MR) is 61.8 cm³/mol. The van der Waals surface area contributed by atoms with Gasteiger partial charge in [0.15, 0.2) is 5.78 Å². The fourth-order valence-corrected chi connectivity index (χ4v) is 1.17. The van der Waals surface area contributed by atoms with Crippen molar-refractivity contribution in [2.24, 2.45) is 5.92 Å². The maximum absolute atomic E-state index is 11.5. The molecule has 86 valence electrons. The van der Waals surface area contributed by atoms with Crippen LogP contribution in [0.4, 0.5) is 0 Å². The predicted octanol–water partition coefficient (Wildman–Crippen LogP) is 2.49. The zero-order valence-corrected chi connectivity index (χ0v) is 9.60. The van der Waals surface area contributed by atoms with E-state index in [0.717, 1.165) is 12.7 Å². The van der Waals surface area contributed by atoms with Crippen LogP contribution in [-0.2, 0) is 4.79 Å². The van der Waals surface area contributed by atoms with Crippen LogP contribution >= 0.6 is 0 Å². The van der Waals surface area contributed by atoms with Crippen molar-refractivity contribution in [3.8, 4) is 5.75 Å². The normalized spacial score (nSPS) is 11.9. The molecule has 0 heterocycles. The summed E-state index contributed by atoms with van der Waals surface area (Å²) in [5.74, 6) is 0.749. The molecule has 0 fully saturated rings. The fourth-order valence-electron chi connectivity index (χ4n) is 1.17. The first-order chi connectivity index (χ1) is 7.67. The van der Waals surface area contributed by atoms with Gasteiger partial charge in [-0.1, -0.05) is 13.8 Å². The van der Waals surface area contributed by atoms with Crippen molar-refractivity contribution in [1.82, 2.24) is 0 Å². The Morgan fingerprint density at radius 1 is 1.38 bits per heavy atom. The van der Waals surface area contributed by atoms with Crippen molar-refractivity contribution < 1.29 is 14.3 Å². The van der Waals surface area contributed by atoms with Crippen molar-refractivity contribution in [3.05, 3.63) is 29.8 Å². The van der Waals surface area contributed by atoms with E-state index in [0.29, 0.717) is 11.3 Å². The summed E-state index contributed by atoms with van der Waals surface area (Å²) in [5, 5.41) is 0. The second-order valence-corrected chi connectivity index (χ2v) is 3.75. The lowest BCUT2D eigenvalue weighted by Crippen LogP contribution is -2.18. The maximum Gasteiger partial charge on any atom is 0.172 e. The van der Waals surface area contributed by atoms with Crippen molar-refractivity contribution in [2.45, 2.75) is 20.3 Å². The van der Waals surface area contributed by atoms with E-state index in [9.17, 15) is 9.59 Å². The number of Topliss-reactive ketones (excluding diaryl/α,β-unsaturated/α-hetero) is 1. The maximum atomic E-state index is 11.5. The molecule has 1 rings (SSSR count). The minimum absolute atomic E-state index is 0.0363. The van der Waals surface area contributed by atoms with Gasteiger partial charge in [-0.2, -0.15) is 0 Å². The molecule has 0 saturated carbocycles. The van der Waals surface area contributed by atoms with Crippen LogP contribution < -0.4 is 4.74 Å². The lowest BCUT2D eigenvalue weighted by atomic mass is 10.0. The number of ether oxygens (including phenoxy) is 1. The quantitative estimate of drug-likeness (QED) is 0.692. The van der Waals surface area contributed by atoms with E-state index in [1.54, 1.807) is 24.3 Å². The van der Waals surface area contributed by atoms with Crippen molar-refractivity contribution in [1.29, 1.82) is 0 Å². The largest absolute Gasteiger partial charge is 0.486 e. The molecule has 0 aliphatic carbocycles. The molecule has 3 heteroatoms. The molecule has 1 unspecified atom stereocenters. The Bertz CT molecular complexity index is 354. The molecular weight excluding hydrogens is 204 g/mol. The van der Waals surface area contributed by atoms with Crippen LogP contribution in [0.1, 0.15) is 30.6 Å². The molecule has 0 aliphatic heterocycles. The van der Waals surface area contributed by atoms with Crippen molar-refractivity contribution in [2.75, 3.05) is 6.61 Å². The molecule has 0 bridgehead atoms. The van der Waals surface area contributed by atoms with Crippen LogP contribution in [-0.4, -0.2) is 18.7 Å². The Kier molecular flexibility index (Phi) is 4.70. The Morgan fingerprint density at radius 3 is 2.50 bits per heavy atom. The Morgan fingerprint density at radius 2 is 2.00 bits per heavy atom. The SMILES string of the molecule is CCC(C)C(=O)COc1ccc(C=O)cc1. The van der Waals surface area contributed by atoms with E-state index in [4.69, 9.17) is 4.74 Å². The number of hydrogen-bond donors (Lipinski definition) is 0.